The van der Waals surface area contributed by atoms with Gasteiger partial charge in [-0.2, -0.15) is 0 Å². The van der Waals surface area contributed by atoms with Gasteiger partial charge >= 0.3 is 0 Å². The van der Waals surface area contributed by atoms with Gasteiger partial charge in [-0.3, -0.25) is 19.6 Å². The molecular weight excluding hydrogens is 444 g/mol. The SMILES string of the molecule is COc1cc(C(=O)N2CCCC(C(=O)N(C)C)(c3ccccn3)C2)ccc1OCc1ccccn1. The summed E-state index contributed by atoms with van der Waals surface area (Å²) in [6, 6.07) is 16.3. The maximum atomic E-state index is 13.5. The van der Waals surface area contributed by atoms with Crippen molar-refractivity contribution >= 4 is 11.8 Å². The number of carbonyl (C=O) groups is 2. The van der Waals surface area contributed by atoms with Gasteiger partial charge in [-0.05, 0) is 55.3 Å². The number of ether oxygens (including phenoxy) is 2. The van der Waals surface area contributed by atoms with Crippen LogP contribution < -0.4 is 9.47 Å². The maximum Gasteiger partial charge on any atom is 0.254 e. The third kappa shape index (κ3) is 5.11. The predicted molar refractivity (Wildman–Crippen MR) is 131 cm³/mol. The van der Waals surface area contributed by atoms with Gasteiger partial charge < -0.3 is 19.3 Å². The highest BCUT2D eigenvalue weighted by Crippen LogP contribution is 2.36. The summed E-state index contributed by atoms with van der Waals surface area (Å²) in [6.07, 6.45) is 4.73. The Bertz CT molecular complexity index is 1170. The van der Waals surface area contributed by atoms with Crippen LogP contribution in [0.1, 0.15) is 34.6 Å². The summed E-state index contributed by atoms with van der Waals surface area (Å²) in [4.78, 5) is 39.0. The van der Waals surface area contributed by atoms with E-state index in [2.05, 4.69) is 9.97 Å². The molecule has 2 aromatic heterocycles. The van der Waals surface area contributed by atoms with Gasteiger partial charge in [0, 0.05) is 45.1 Å². The lowest BCUT2D eigenvalue weighted by Gasteiger charge is -2.42. The summed E-state index contributed by atoms with van der Waals surface area (Å²) >= 11 is 0. The molecule has 1 aromatic carbocycles. The average Bonchev–Trinajstić information content (AvgIpc) is 2.92. The Morgan fingerprint density at radius 1 is 1.03 bits per heavy atom. The normalized spacial score (nSPS) is 17.5. The standard InChI is InChI=1S/C27H30N4O4/c1-30(2)26(33)27(24-10-5-7-15-29-24)13-8-16-31(19-27)25(32)20-11-12-22(23(17-20)34-3)35-18-21-9-4-6-14-28-21/h4-7,9-12,14-15,17H,8,13,16,18-19H2,1-3H3. The first-order valence-corrected chi connectivity index (χ1v) is 11.6. The van der Waals surface area contributed by atoms with Gasteiger partial charge in [-0.1, -0.05) is 12.1 Å². The first-order valence-electron chi connectivity index (χ1n) is 11.6. The summed E-state index contributed by atoms with van der Waals surface area (Å²) in [5.41, 5.74) is 1.07. The number of pyridine rings is 2. The molecule has 8 nitrogen and oxygen atoms in total. The van der Waals surface area contributed by atoms with Crippen LogP contribution in [0.2, 0.25) is 0 Å². The van der Waals surface area contributed by atoms with E-state index >= 15 is 0 Å². The van der Waals surface area contributed by atoms with E-state index in [-0.39, 0.29) is 25.0 Å². The summed E-state index contributed by atoms with van der Waals surface area (Å²) in [7, 11) is 5.02. The van der Waals surface area contributed by atoms with Crippen LogP contribution in [0.15, 0.2) is 67.0 Å². The molecule has 1 aliphatic rings. The molecule has 35 heavy (non-hydrogen) atoms. The average molecular weight is 475 g/mol. The molecule has 3 heterocycles. The molecule has 1 aliphatic heterocycles. The highest BCUT2D eigenvalue weighted by molar-refractivity contribution is 5.96. The van der Waals surface area contributed by atoms with E-state index in [0.29, 0.717) is 42.1 Å². The minimum atomic E-state index is -0.880. The van der Waals surface area contributed by atoms with Gasteiger partial charge in [0.25, 0.3) is 5.91 Å². The molecule has 0 radical (unpaired) electrons. The lowest BCUT2D eigenvalue weighted by atomic mass is 9.75. The second kappa shape index (κ2) is 10.5. The zero-order valence-electron chi connectivity index (χ0n) is 20.3. The number of aromatic nitrogens is 2. The minimum Gasteiger partial charge on any atom is -0.493 e. The second-order valence-electron chi connectivity index (χ2n) is 8.80. The number of benzene rings is 1. The molecule has 1 unspecified atom stereocenters. The Hall–Kier alpha value is -3.94. The van der Waals surface area contributed by atoms with Gasteiger partial charge in [0.1, 0.15) is 12.0 Å². The molecule has 0 N–H and O–H groups in total. The zero-order valence-corrected chi connectivity index (χ0v) is 20.3. The molecule has 1 atom stereocenters. The number of hydrogen-bond acceptors (Lipinski definition) is 6. The number of nitrogens with zero attached hydrogens (tertiary/aromatic N) is 4. The Labute approximate surface area is 205 Å². The lowest BCUT2D eigenvalue weighted by Crippen LogP contribution is -2.56. The van der Waals surface area contributed by atoms with Crippen molar-refractivity contribution in [1.82, 2.24) is 19.8 Å². The van der Waals surface area contributed by atoms with Crippen molar-refractivity contribution in [3.05, 3.63) is 83.9 Å². The molecule has 0 aliphatic carbocycles. The van der Waals surface area contributed by atoms with Gasteiger partial charge in [-0.25, -0.2) is 0 Å². The quantitative estimate of drug-likeness (QED) is 0.522. The molecule has 0 bridgehead atoms. The van der Waals surface area contributed by atoms with Crippen molar-refractivity contribution < 1.29 is 19.1 Å². The number of piperidine rings is 1. The highest BCUT2D eigenvalue weighted by Gasteiger charge is 2.47. The summed E-state index contributed by atoms with van der Waals surface area (Å²) in [5, 5.41) is 0. The van der Waals surface area contributed by atoms with Gasteiger partial charge in [0.05, 0.1) is 18.5 Å². The van der Waals surface area contributed by atoms with Gasteiger partial charge in [0.15, 0.2) is 11.5 Å². The van der Waals surface area contributed by atoms with Crippen molar-refractivity contribution in [3.63, 3.8) is 0 Å². The monoisotopic (exact) mass is 474 g/mol. The Kier molecular flexibility index (Phi) is 7.29. The van der Waals surface area contributed by atoms with Crippen LogP contribution in [0, 0.1) is 0 Å². The summed E-state index contributed by atoms with van der Waals surface area (Å²) in [6.45, 7) is 1.12. The number of hydrogen-bond donors (Lipinski definition) is 0. The molecule has 182 valence electrons. The fourth-order valence-corrected chi connectivity index (χ4v) is 4.53. The molecule has 0 saturated carbocycles. The Morgan fingerprint density at radius 2 is 1.80 bits per heavy atom. The number of methoxy groups -OCH3 is 1. The van der Waals surface area contributed by atoms with Crippen LogP contribution in [0.5, 0.6) is 11.5 Å². The largest absolute Gasteiger partial charge is 0.493 e. The van der Waals surface area contributed by atoms with Crippen molar-refractivity contribution in [1.29, 1.82) is 0 Å². The topological polar surface area (TPSA) is 84.9 Å². The van der Waals surface area contributed by atoms with Crippen LogP contribution in [0.3, 0.4) is 0 Å². The van der Waals surface area contributed by atoms with Crippen molar-refractivity contribution in [2.75, 3.05) is 34.3 Å². The third-order valence-corrected chi connectivity index (χ3v) is 6.26. The van der Waals surface area contributed by atoms with E-state index in [1.807, 2.05) is 36.4 Å². The van der Waals surface area contributed by atoms with Crippen LogP contribution in [0.25, 0.3) is 0 Å². The smallest absolute Gasteiger partial charge is 0.254 e. The number of amides is 2. The molecular formula is C27H30N4O4. The van der Waals surface area contributed by atoms with Gasteiger partial charge in [0.2, 0.25) is 5.91 Å². The van der Waals surface area contributed by atoms with Crippen molar-refractivity contribution in [2.45, 2.75) is 24.9 Å². The van der Waals surface area contributed by atoms with Crippen LogP contribution >= 0.6 is 0 Å². The van der Waals surface area contributed by atoms with Crippen molar-refractivity contribution in [2.24, 2.45) is 0 Å². The third-order valence-electron chi connectivity index (χ3n) is 6.26. The van der Waals surface area contributed by atoms with E-state index in [1.54, 1.807) is 61.6 Å². The van der Waals surface area contributed by atoms with E-state index in [4.69, 9.17) is 9.47 Å². The van der Waals surface area contributed by atoms with Crippen LogP contribution in [0.4, 0.5) is 0 Å². The first kappa shape index (κ1) is 24.2. The van der Waals surface area contributed by atoms with Gasteiger partial charge in [-0.15, -0.1) is 0 Å². The van der Waals surface area contributed by atoms with Crippen LogP contribution in [-0.2, 0) is 16.8 Å². The van der Waals surface area contributed by atoms with E-state index < -0.39 is 5.41 Å². The Balaban J connectivity index is 1.57. The molecule has 1 saturated heterocycles. The van der Waals surface area contributed by atoms with Crippen molar-refractivity contribution in [3.8, 4) is 11.5 Å². The predicted octanol–water partition coefficient (Wildman–Crippen LogP) is 3.33. The fourth-order valence-electron chi connectivity index (χ4n) is 4.53. The van der Waals surface area contributed by atoms with E-state index in [0.717, 1.165) is 5.69 Å². The molecule has 8 heteroatoms. The lowest BCUT2D eigenvalue weighted by molar-refractivity contribution is -0.136. The number of carbonyl (C=O) groups excluding carboxylic acids is 2. The molecule has 4 rings (SSSR count). The molecule has 0 spiro atoms. The molecule has 3 aromatic rings. The molecule has 1 fully saturated rings. The summed E-state index contributed by atoms with van der Waals surface area (Å²) < 4.78 is 11.4. The number of likely N-dealkylation sites (N-methyl/N-ethyl adjacent to an activating group) is 1. The van der Waals surface area contributed by atoms with E-state index in [9.17, 15) is 9.59 Å². The maximum absolute atomic E-state index is 13.5. The van der Waals surface area contributed by atoms with Crippen LogP contribution in [-0.4, -0.2) is 65.9 Å². The minimum absolute atomic E-state index is 0.0513. The number of likely N-dealkylation sites (tertiary alicyclic amines) is 1. The first-order chi connectivity index (χ1) is 16.9. The fraction of sp³-hybridized carbons (Fsp3) is 0.333. The second-order valence-corrected chi connectivity index (χ2v) is 8.80. The number of rotatable bonds is 7. The molecule has 2 amide bonds. The van der Waals surface area contributed by atoms with E-state index in [1.165, 1.54) is 0 Å². The zero-order chi connectivity index (χ0) is 24.8. The Morgan fingerprint density at radius 3 is 2.46 bits per heavy atom. The summed E-state index contributed by atoms with van der Waals surface area (Å²) in [5.74, 6) is 0.777. The highest BCUT2D eigenvalue weighted by atomic mass is 16.5.